The Hall–Kier alpha value is -1.81. The Bertz CT molecular complexity index is 655. The molecule has 0 spiro atoms. The fourth-order valence-corrected chi connectivity index (χ4v) is 2.11. The van der Waals surface area contributed by atoms with Gasteiger partial charge in [-0.15, -0.1) is 0 Å². The first-order chi connectivity index (χ1) is 9.52. The molecule has 0 amide bonds. The van der Waals surface area contributed by atoms with Crippen molar-refractivity contribution in [1.29, 1.82) is 0 Å². The maximum atomic E-state index is 11.4. The molecule has 0 aliphatic rings. The molecule has 0 fully saturated rings. The van der Waals surface area contributed by atoms with Crippen molar-refractivity contribution in [3.63, 3.8) is 0 Å². The SMILES string of the molecule is CCOC(=O)COc1cc(C)nc2c(C)c(Cl)ccc12. The van der Waals surface area contributed by atoms with Crippen molar-refractivity contribution in [1.82, 2.24) is 4.98 Å². The van der Waals surface area contributed by atoms with E-state index in [2.05, 4.69) is 4.98 Å². The summed E-state index contributed by atoms with van der Waals surface area (Å²) in [6.07, 6.45) is 0. The van der Waals surface area contributed by atoms with Crippen molar-refractivity contribution < 1.29 is 14.3 Å². The zero-order chi connectivity index (χ0) is 14.7. The summed E-state index contributed by atoms with van der Waals surface area (Å²) < 4.78 is 10.4. The second kappa shape index (κ2) is 6.09. The largest absolute Gasteiger partial charge is 0.481 e. The molecule has 0 aliphatic heterocycles. The molecule has 0 radical (unpaired) electrons. The number of esters is 1. The lowest BCUT2D eigenvalue weighted by molar-refractivity contribution is -0.145. The van der Waals surface area contributed by atoms with Gasteiger partial charge in [-0.3, -0.25) is 4.98 Å². The molecule has 4 nitrogen and oxygen atoms in total. The predicted molar refractivity (Wildman–Crippen MR) is 78.4 cm³/mol. The number of ether oxygens (including phenoxy) is 2. The lowest BCUT2D eigenvalue weighted by Crippen LogP contribution is -2.14. The molecule has 0 bridgehead atoms. The predicted octanol–water partition coefficient (Wildman–Crippen LogP) is 3.45. The Morgan fingerprint density at radius 3 is 2.80 bits per heavy atom. The smallest absolute Gasteiger partial charge is 0.344 e. The number of hydrogen-bond donors (Lipinski definition) is 0. The second-order valence-corrected chi connectivity index (χ2v) is 4.83. The van der Waals surface area contributed by atoms with Crippen molar-refractivity contribution in [2.75, 3.05) is 13.2 Å². The Labute approximate surface area is 122 Å². The summed E-state index contributed by atoms with van der Waals surface area (Å²) >= 11 is 6.11. The fraction of sp³-hybridized carbons (Fsp3) is 0.333. The minimum absolute atomic E-state index is 0.117. The van der Waals surface area contributed by atoms with Crippen LogP contribution in [-0.2, 0) is 9.53 Å². The van der Waals surface area contributed by atoms with Crippen LogP contribution in [0.5, 0.6) is 5.75 Å². The van der Waals surface area contributed by atoms with Crippen molar-refractivity contribution in [3.05, 3.63) is 34.5 Å². The highest BCUT2D eigenvalue weighted by Gasteiger charge is 2.11. The number of aryl methyl sites for hydroxylation is 2. The van der Waals surface area contributed by atoms with E-state index in [0.717, 1.165) is 22.2 Å². The highest BCUT2D eigenvalue weighted by atomic mass is 35.5. The zero-order valence-electron chi connectivity index (χ0n) is 11.7. The average molecular weight is 294 g/mol. The molecule has 0 unspecified atom stereocenters. The summed E-state index contributed by atoms with van der Waals surface area (Å²) in [5, 5.41) is 1.49. The van der Waals surface area contributed by atoms with E-state index in [1.165, 1.54) is 0 Å². The number of carbonyl (C=O) groups excluding carboxylic acids is 1. The lowest BCUT2D eigenvalue weighted by atomic mass is 10.1. The van der Waals surface area contributed by atoms with Gasteiger partial charge in [-0.25, -0.2) is 4.79 Å². The molecule has 0 saturated carbocycles. The van der Waals surface area contributed by atoms with Gasteiger partial charge in [-0.05, 0) is 38.5 Å². The zero-order valence-corrected chi connectivity index (χ0v) is 12.5. The molecule has 2 rings (SSSR count). The highest BCUT2D eigenvalue weighted by molar-refractivity contribution is 6.32. The molecule has 5 heteroatoms. The van der Waals surface area contributed by atoms with Crippen molar-refractivity contribution in [3.8, 4) is 5.75 Å². The maximum Gasteiger partial charge on any atom is 0.344 e. The molecule has 106 valence electrons. The number of rotatable bonds is 4. The van der Waals surface area contributed by atoms with Gasteiger partial charge in [-0.2, -0.15) is 0 Å². The van der Waals surface area contributed by atoms with E-state index in [9.17, 15) is 4.79 Å². The van der Waals surface area contributed by atoms with Crippen LogP contribution < -0.4 is 4.74 Å². The standard InChI is InChI=1S/C15H16ClNO3/c1-4-19-14(18)8-20-13-7-9(2)17-15-10(3)12(16)6-5-11(13)15/h5-7H,4,8H2,1-3H3. The number of pyridine rings is 1. The van der Waals surface area contributed by atoms with E-state index in [-0.39, 0.29) is 12.6 Å². The molecule has 1 aromatic heterocycles. The van der Waals surface area contributed by atoms with Gasteiger partial charge < -0.3 is 9.47 Å². The Morgan fingerprint density at radius 1 is 1.35 bits per heavy atom. The summed E-state index contributed by atoms with van der Waals surface area (Å²) in [5.41, 5.74) is 2.49. The first-order valence-corrected chi connectivity index (χ1v) is 6.75. The van der Waals surface area contributed by atoms with Crippen molar-refractivity contribution >= 4 is 28.5 Å². The molecule has 0 saturated heterocycles. The number of carbonyl (C=O) groups is 1. The van der Waals surface area contributed by atoms with E-state index in [1.54, 1.807) is 19.1 Å². The third-order valence-electron chi connectivity index (χ3n) is 2.91. The van der Waals surface area contributed by atoms with E-state index in [0.29, 0.717) is 17.4 Å². The van der Waals surface area contributed by atoms with Gasteiger partial charge in [0.2, 0.25) is 0 Å². The van der Waals surface area contributed by atoms with Crippen LogP contribution in [0.25, 0.3) is 10.9 Å². The number of aromatic nitrogens is 1. The molecule has 0 N–H and O–H groups in total. The first kappa shape index (κ1) is 14.6. The van der Waals surface area contributed by atoms with Crippen LogP contribution in [0.15, 0.2) is 18.2 Å². The summed E-state index contributed by atoms with van der Waals surface area (Å²) in [6, 6.07) is 5.44. The second-order valence-electron chi connectivity index (χ2n) is 4.42. The molecular weight excluding hydrogens is 278 g/mol. The molecule has 0 atom stereocenters. The average Bonchev–Trinajstić information content (AvgIpc) is 2.41. The van der Waals surface area contributed by atoms with Crippen molar-refractivity contribution in [2.45, 2.75) is 20.8 Å². The summed E-state index contributed by atoms with van der Waals surface area (Å²) in [4.78, 5) is 15.9. The van der Waals surface area contributed by atoms with Gasteiger partial charge in [0.1, 0.15) is 5.75 Å². The van der Waals surface area contributed by atoms with Crippen LogP contribution in [0.3, 0.4) is 0 Å². The van der Waals surface area contributed by atoms with Crippen LogP contribution in [0.1, 0.15) is 18.2 Å². The number of benzene rings is 1. The minimum atomic E-state index is -0.388. The Morgan fingerprint density at radius 2 is 2.10 bits per heavy atom. The van der Waals surface area contributed by atoms with E-state index in [1.807, 2.05) is 19.9 Å². The third kappa shape index (κ3) is 3.02. The third-order valence-corrected chi connectivity index (χ3v) is 3.32. The first-order valence-electron chi connectivity index (χ1n) is 6.37. The van der Waals surface area contributed by atoms with Crippen LogP contribution in [0.4, 0.5) is 0 Å². The monoisotopic (exact) mass is 293 g/mol. The lowest BCUT2D eigenvalue weighted by Gasteiger charge is -2.11. The molecule has 20 heavy (non-hydrogen) atoms. The maximum absolute atomic E-state index is 11.4. The molecule has 1 aromatic carbocycles. The van der Waals surface area contributed by atoms with Crippen LogP contribution in [0.2, 0.25) is 5.02 Å². The molecule has 1 heterocycles. The van der Waals surface area contributed by atoms with Crippen LogP contribution in [0, 0.1) is 13.8 Å². The summed E-state index contributed by atoms with van der Waals surface area (Å²) in [7, 11) is 0. The number of halogens is 1. The topological polar surface area (TPSA) is 48.4 Å². The highest BCUT2D eigenvalue weighted by Crippen LogP contribution is 2.31. The van der Waals surface area contributed by atoms with Crippen LogP contribution >= 0.6 is 11.6 Å². The van der Waals surface area contributed by atoms with E-state index in [4.69, 9.17) is 21.1 Å². The number of nitrogens with zero attached hydrogens (tertiary/aromatic N) is 1. The van der Waals surface area contributed by atoms with Crippen LogP contribution in [-0.4, -0.2) is 24.2 Å². The van der Waals surface area contributed by atoms with Crippen molar-refractivity contribution in [2.24, 2.45) is 0 Å². The van der Waals surface area contributed by atoms with Gasteiger partial charge >= 0.3 is 5.97 Å². The Balaban J connectivity index is 2.38. The summed E-state index contributed by atoms with van der Waals surface area (Å²) in [6.45, 7) is 5.76. The van der Waals surface area contributed by atoms with E-state index < -0.39 is 0 Å². The van der Waals surface area contributed by atoms with Gasteiger partial charge in [0, 0.05) is 22.2 Å². The molecule has 2 aromatic rings. The quantitative estimate of drug-likeness (QED) is 0.810. The fourth-order valence-electron chi connectivity index (χ4n) is 1.95. The Kier molecular flexibility index (Phi) is 4.45. The van der Waals surface area contributed by atoms with Gasteiger partial charge in [-0.1, -0.05) is 11.6 Å². The number of hydrogen-bond acceptors (Lipinski definition) is 4. The number of fused-ring (bicyclic) bond motifs is 1. The molecular formula is C15H16ClNO3. The van der Waals surface area contributed by atoms with Gasteiger partial charge in [0.15, 0.2) is 6.61 Å². The minimum Gasteiger partial charge on any atom is -0.481 e. The normalized spacial score (nSPS) is 10.6. The summed E-state index contributed by atoms with van der Waals surface area (Å²) in [5.74, 6) is 0.223. The molecule has 0 aliphatic carbocycles. The van der Waals surface area contributed by atoms with Gasteiger partial charge in [0.25, 0.3) is 0 Å². The van der Waals surface area contributed by atoms with E-state index >= 15 is 0 Å². The van der Waals surface area contributed by atoms with Gasteiger partial charge in [0.05, 0.1) is 12.1 Å².